The molecule has 94 valence electrons. The van der Waals surface area contributed by atoms with E-state index in [9.17, 15) is 0 Å². The number of nitrogens with zero attached hydrogens (tertiary/aromatic N) is 3. The van der Waals surface area contributed by atoms with Crippen molar-refractivity contribution in [3.8, 4) is 5.88 Å². The van der Waals surface area contributed by atoms with Gasteiger partial charge in [0, 0.05) is 24.3 Å². The van der Waals surface area contributed by atoms with Crippen molar-refractivity contribution in [2.75, 3.05) is 7.11 Å². The van der Waals surface area contributed by atoms with Crippen LogP contribution in [0, 0.1) is 6.92 Å². The number of aryl methyl sites for hydroxylation is 1. The van der Waals surface area contributed by atoms with Gasteiger partial charge in [0.15, 0.2) is 0 Å². The Labute approximate surface area is 105 Å². The maximum atomic E-state index is 5.63. The lowest BCUT2D eigenvalue weighted by Crippen LogP contribution is -2.30. The molecule has 0 aromatic carbocycles. The van der Waals surface area contributed by atoms with Crippen LogP contribution in [0.3, 0.4) is 0 Å². The second-order valence-electron chi connectivity index (χ2n) is 3.73. The largest absolute Gasteiger partial charge is 0.480 e. The molecule has 2 rings (SSSR count). The first-order valence-electron chi connectivity index (χ1n) is 5.50. The summed E-state index contributed by atoms with van der Waals surface area (Å²) in [4.78, 5) is 12.6. The molecule has 0 spiro atoms. The van der Waals surface area contributed by atoms with Gasteiger partial charge in [-0.2, -0.15) is 0 Å². The molecule has 0 aliphatic heterocycles. The van der Waals surface area contributed by atoms with E-state index >= 15 is 0 Å². The molecular formula is C12H15N5O. The molecule has 0 bridgehead atoms. The molecule has 0 aliphatic carbocycles. The zero-order chi connectivity index (χ0) is 13.0. The van der Waals surface area contributed by atoms with Crippen molar-refractivity contribution in [1.82, 2.24) is 20.4 Å². The van der Waals surface area contributed by atoms with Crippen molar-refractivity contribution >= 4 is 0 Å². The highest BCUT2D eigenvalue weighted by Gasteiger charge is 2.21. The van der Waals surface area contributed by atoms with Gasteiger partial charge in [-0.15, -0.1) is 0 Å². The second-order valence-corrected chi connectivity index (χ2v) is 3.73. The Bertz CT molecular complexity index is 531. The number of rotatable bonds is 4. The molecule has 0 saturated carbocycles. The number of nitrogens with one attached hydrogen (secondary N) is 1. The fraction of sp³-hybridized carbons (Fsp3) is 0.250. The van der Waals surface area contributed by atoms with E-state index in [1.807, 2.05) is 19.1 Å². The summed E-state index contributed by atoms with van der Waals surface area (Å²) < 4.78 is 5.20. The fourth-order valence-electron chi connectivity index (χ4n) is 1.81. The molecule has 6 nitrogen and oxygen atoms in total. The summed E-state index contributed by atoms with van der Waals surface area (Å²) in [5.74, 6) is 6.08. The molecule has 1 unspecified atom stereocenters. The molecule has 0 fully saturated rings. The van der Waals surface area contributed by atoms with Crippen molar-refractivity contribution in [1.29, 1.82) is 0 Å². The lowest BCUT2D eigenvalue weighted by atomic mass is 10.0. The predicted molar refractivity (Wildman–Crippen MR) is 66.7 cm³/mol. The lowest BCUT2D eigenvalue weighted by Gasteiger charge is -2.18. The maximum absolute atomic E-state index is 5.63. The highest BCUT2D eigenvalue weighted by atomic mass is 16.5. The topological polar surface area (TPSA) is 86.0 Å². The molecule has 0 radical (unpaired) electrons. The van der Waals surface area contributed by atoms with Gasteiger partial charge in [0.05, 0.1) is 13.2 Å². The Kier molecular flexibility index (Phi) is 3.81. The van der Waals surface area contributed by atoms with E-state index in [2.05, 4.69) is 20.4 Å². The van der Waals surface area contributed by atoms with E-state index in [4.69, 9.17) is 10.6 Å². The molecule has 0 saturated heterocycles. The van der Waals surface area contributed by atoms with Crippen LogP contribution in [0.2, 0.25) is 0 Å². The maximum Gasteiger partial charge on any atom is 0.237 e. The summed E-state index contributed by atoms with van der Waals surface area (Å²) in [5, 5.41) is 0. The van der Waals surface area contributed by atoms with Crippen molar-refractivity contribution in [3.05, 3.63) is 47.7 Å². The quantitative estimate of drug-likeness (QED) is 0.610. The summed E-state index contributed by atoms with van der Waals surface area (Å²) in [6, 6.07) is 3.50. The second kappa shape index (κ2) is 5.52. The van der Waals surface area contributed by atoms with Gasteiger partial charge in [0.2, 0.25) is 5.88 Å². The van der Waals surface area contributed by atoms with Crippen LogP contribution < -0.4 is 16.0 Å². The zero-order valence-corrected chi connectivity index (χ0v) is 10.3. The van der Waals surface area contributed by atoms with Crippen LogP contribution in [0.4, 0.5) is 0 Å². The molecule has 18 heavy (non-hydrogen) atoms. The van der Waals surface area contributed by atoms with Crippen molar-refractivity contribution in [2.45, 2.75) is 13.0 Å². The van der Waals surface area contributed by atoms with Gasteiger partial charge in [0.1, 0.15) is 5.69 Å². The molecule has 2 aromatic heterocycles. The van der Waals surface area contributed by atoms with Crippen LogP contribution in [-0.4, -0.2) is 22.1 Å². The standard InChI is InChI=1S/C12H15N5O/c1-8-9(4-3-5-14-8)10(17-13)11-12(18-2)16-7-6-15-11/h3-7,10,17H,13H2,1-2H3. The van der Waals surface area contributed by atoms with Gasteiger partial charge >= 0.3 is 0 Å². The molecule has 6 heteroatoms. The monoisotopic (exact) mass is 245 g/mol. The van der Waals surface area contributed by atoms with E-state index in [1.54, 1.807) is 25.7 Å². The summed E-state index contributed by atoms with van der Waals surface area (Å²) >= 11 is 0. The average Bonchev–Trinajstić information content (AvgIpc) is 2.42. The molecular weight excluding hydrogens is 230 g/mol. The summed E-state index contributed by atoms with van der Waals surface area (Å²) in [6.07, 6.45) is 4.92. The zero-order valence-electron chi connectivity index (χ0n) is 10.3. The SMILES string of the molecule is COc1nccnc1C(NN)c1cccnc1C. The van der Waals surface area contributed by atoms with Crippen molar-refractivity contribution in [2.24, 2.45) is 5.84 Å². The van der Waals surface area contributed by atoms with E-state index < -0.39 is 0 Å². The average molecular weight is 245 g/mol. The number of pyridine rings is 1. The number of hydrogen-bond acceptors (Lipinski definition) is 6. The van der Waals surface area contributed by atoms with Crippen molar-refractivity contribution in [3.63, 3.8) is 0 Å². The molecule has 3 N–H and O–H groups in total. The Morgan fingerprint density at radius 2 is 2.00 bits per heavy atom. The Balaban J connectivity index is 2.49. The van der Waals surface area contributed by atoms with Gasteiger partial charge in [0.25, 0.3) is 0 Å². The Morgan fingerprint density at radius 3 is 2.67 bits per heavy atom. The van der Waals surface area contributed by atoms with E-state index in [0.717, 1.165) is 11.3 Å². The van der Waals surface area contributed by atoms with Crippen LogP contribution in [0.1, 0.15) is 23.0 Å². The highest BCUT2D eigenvalue weighted by molar-refractivity contribution is 5.34. The van der Waals surface area contributed by atoms with Gasteiger partial charge in [-0.1, -0.05) is 6.07 Å². The third kappa shape index (κ3) is 2.29. The summed E-state index contributed by atoms with van der Waals surface area (Å²) in [6.45, 7) is 1.92. The first-order chi connectivity index (χ1) is 8.77. The first-order valence-corrected chi connectivity index (χ1v) is 5.50. The minimum atomic E-state index is -0.303. The van der Waals surface area contributed by atoms with Crippen LogP contribution in [0.25, 0.3) is 0 Å². The van der Waals surface area contributed by atoms with E-state index in [0.29, 0.717) is 11.6 Å². The predicted octanol–water partition coefficient (Wildman–Crippen LogP) is 0.741. The third-order valence-electron chi connectivity index (χ3n) is 2.68. The number of hydrogen-bond donors (Lipinski definition) is 2. The van der Waals surface area contributed by atoms with Gasteiger partial charge < -0.3 is 4.74 Å². The molecule has 0 amide bonds. The number of methoxy groups -OCH3 is 1. The third-order valence-corrected chi connectivity index (χ3v) is 2.68. The van der Waals surface area contributed by atoms with Gasteiger partial charge in [-0.3, -0.25) is 15.8 Å². The normalized spacial score (nSPS) is 12.2. The highest BCUT2D eigenvalue weighted by Crippen LogP contribution is 2.26. The van der Waals surface area contributed by atoms with Gasteiger partial charge in [-0.25, -0.2) is 10.4 Å². The summed E-state index contributed by atoms with van der Waals surface area (Å²) in [7, 11) is 1.55. The van der Waals surface area contributed by atoms with Gasteiger partial charge in [-0.05, 0) is 18.6 Å². The van der Waals surface area contributed by atoms with Crippen LogP contribution >= 0.6 is 0 Å². The Hall–Kier alpha value is -2.05. The minimum Gasteiger partial charge on any atom is -0.480 e. The smallest absolute Gasteiger partial charge is 0.237 e. The van der Waals surface area contributed by atoms with E-state index in [-0.39, 0.29) is 6.04 Å². The first kappa shape index (κ1) is 12.4. The van der Waals surface area contributed by atoms with Crippen LogP contribution in [0.15, 0.2) is 30.7 Å². The number of hydrazine groups is 1. The van der Waals surface area contributed by atoms with E-state index in [1.165, 1.54) is 0 Å². The molecule has 0 aliphatic rings. The minimum absolute atomic E-state index is 0.303. The lowest BCUT2D eigenvalue weighted by molar-refractivity contribution is 0.382. The molecule has 2 heterocycles. The van der Waals surface area contributed by atoms with Crippen LogP contribution in [0.5, 0.6) is 5.88 Å². The molecule has 1 atom stereocenters. The number of aromatic nitrogens is 3. The van der Waals surface area contributed by atoms with Crippen molar-refractivity contribution < 1.29 is 4.74 Å². The fourth-order valence-corrected chi connectivity index (χ4v) is 1.81. The summed E-state index contributed by atoms with van der Waals surface area (Å²) in [5.41, 5.74) is 5.19. The number of nitrogens with two attached hydrogens (primary N) is 1. The number of ether oxygens (including phenoxy) is 1. The Morgan fingerprint density at radius 1 is 1.22 bits per heavy atom. The van der Waals surface area contributed by atoms with Crippen LogP contribution in [-0.2, 0) is 0 Å². The molecule has 2 aromatic rings.